The zero-order valence-electron chi connectivity index (χ0n) is 12.8. The summed E-state index contributed by atoms with van der Waals surface area (Å²) in [5.41, 5.74) is -0.294. The Bertz CT molecular complexity index is 782. The summed E-state index contributed by atoms with van der Waals surface area (Å²) in [4.78, 5) is 26.2. The van der Waals surface area contributed by atoms with Gasteiger partial charge in [0.05, 0.1) is 5.39 Å². The minimum Gasteiger partial charge on any atom is -0.343 e. The van der Waals surface area contributed by atoms with E-state index in [4.69, 9.17) is 0 Å². The Hall–Kier alpha value is -2.24. The fourth-order valence-electron chi connectivity index (χ4n) is 2.29. The minimum atomic E-state index is -1.07. The number of nitrogens with zero attached hydrogens (tertiary/aromatic N) is 2. The van der Waals surface area contributed by atoms with Crippen molar-refractivity contribution >= 4 is 16.7 Å². The van der Waals surface area contributed by atoms with Crippen LogP contribution in [0.1, 0.15) is 30.3 Å². The Labute approximate surface area is 127 Å². The fraction of sp³-hybridized carbons (Fsp3) is 0.375. The topological polar surface area (TPSA) is 42.3 Å². The average Bonchev–Trinajstić information content (AvgIpc) is 2.47. The van der Waals surface area contributed by atoms with Crippen LogP contribution in [0.4, 0.5) is 8.78 Å². The summed E-state index contributed by atoms with van der Waals surface area (Å²) < 4.78 is 28.1. The summed E-state index contributed by atoms with van der Waals surface area (Å²) in [5.74, 6) is -2.46. The number of aromatic nitrogens is 1. The van der Waals surface area contributed by atoms with Crippen LogP contribution in [0, 0.1) is 11.6 Å². The SMILES string of the molecule is CCCCn1c(C(=O)N(C)C)cc2cc(F)c(F)cc2c1=O. The van der Waals surface area contributed by atoms with Gasteiger partial charge in [0, 0.05) is 20.6 Å². The molecule has 0 aliphatic carbocycles. The lowest BCUT2D eigenvalue weighted by Crippen LogP contribution is -2.32. The Morgan fingerprint density at radius 1 is 1.18 bits per heavy atom. The molecular formula is C16H18F2N2O2. The van der Waals surface area contributed by atoms with E-state index in [-0.39, 0.29) is 22.4 Å². The maximum absolute atomic E-state index is 13.4. The highest BCUT2D eigenvalue weighted by Gasteiger charge is 2.18. The molecule has 1 amide bonds. The minimum absolute atomic E-state index is 0.0744. The quantitative estimate of drug-likeness (QED) is 0.871. The molecular weight excluding hydrogens is 290 g/mol. The van der Waals surface area contributed by atoms with Crippen LogP contribution in [0.15, 0.2) is 23.0 Å². The lowest BCUT2D eigenvalue weighted by atomic mass is 10.1. The Morgan fingerprint density at radius 3 is 2.41 bits per heavy atom. The highest BCUT2D eigenvalue weighted by atomic mass is 19.2. The highest BCUT2D eigenvalue weighted by Crippen LogP contribution is 2.18. The number of pyridine rings is 1. The predicted octanol–water partition coefficient (Wildman–Crippen LogP) is 2.78. The third-order valence-electron chi connectivity index (χ3n) is 3.51. The van der Waals surface area contributed by atoms with Gasteiger partial charge in [0.2, 0.25) is 0 Å². The van der Waals surface area contributed by atoms with Crippen LogP contribution in [-0.2, 0) is 6.54 Å². The number of carbonyl (C=O) groups is 1. The van der Waals surface area contributed by atoms with Gasteiger partial charge in [0.25, 0.3) is 11.5 Å². The molecule has 0 atom stereocenters. The first-order valence-electron chi connectivity index (χ1n) is 7.11. The van der Waals surface area contributed by atoms with E-state index in [9.17, 15) is 18.4 Å². The molecule has 118 valence electrons. The van der Waals surface area contributed by atoms with Crippen LogP contribution in [0.3, 0.4) is 0 Å². The van der Waals surface area contributed by atoms with Crippen molar-refractivity contribution in [1.29, 1.82) is 0 Å². The van der Waals surface area contributed by atoms with Gasteiger partial charge in [-0.3, -0.25) is 9.59 Å². The van der Waals surface area contributed by atoms with Crippen LogP contribution in [0.2, 0.25) is 0 Å². The van der Waals surface area contributed by atoms with Gasteiger partial charge in [-0.2, -0.15) is 0 Å². The van der Waals surface area contributed by atoms with Crippen molar-refractivity contribution in [2.45, 2.75) is 26.3 Å². The third-order valence-corrected chi connectivity index (χ3v) is 3.51. The number of hydrogen-bond acceptors (Lipinski definition) is 2. The van der Waals surface area contributed by atoms with Crippen molar-refractivity contribution in [3.63, 3.8) is 0 Å². The molecule has 2 aromatic rings. The number of halogens is 2. The number of hydrogen-bond donors (Lipinski definition) is 0. The van der Waals surface area contributed by atoms with Crippen molar-refractivity contribution < 1.29 is 13.6 Å². The summed E-state index contributed by atoms with van der Waals surface area (Å²) in [6.45, 7) is 2.33. The molecule has 0 saturated heterocycles. The number of carbonyl (C=O) groups excluding carboxylic acids is 1. The van der Waals surface area contributed by atoms with E-state index in [0.29, 0.717) is 13.0 Å². The monoisotopic (exact) mass is 308 g/mol. The fourth-order valence-corrected chi connectivity index (χ4v) is 2.29. The number of rotatable bonds is 4. The first-order chi connectivity index (χ1) is 10.4. The zero-order chi connectivity index (χ0) is 16.4. The van der Waals surface area contributed by atoms with Gasteiger partial charge in [-0.25, -0.2) is 8.78 Å². The Balaban J connectivity index is 2.78. The maximum atomic E-state index is 13.4. The summed E-state index contributed by atoms with van der Waals surface area (Å²) in [7, 11) is 3.15. The van der Waals surface area contributed by atoms with Gasteiger partial charge in [-0.15, -0.1) is 0 Å². The van der Waals surface area contributed by atoms with Gasteiger partial charge >= 0.3 is 0 Å². The average molecular weight is 308 g/mol. The van der Waals surface area contributed by atoms with E-state index in [2.05, 4.69) is 0 Å². The summed E-state index contributed by atoms with van der Waals surface area (Å²) in [5, 5.41) is 0.298. The van der Waals surface area contributed by atoms with Crippen molar-refractivity contribution in [3.8, 4) is 0 Å². The van der Waals surface area contributed by atoms with Gasteiger partial charge in [0.1, 0.15) is 5.69 Å². The van der Waals surface area contributed by atoms with Crippen LogP contribution in [0.5, 0.6) is 0 Å². The molecule has 1 aromatic carbocycles. The molecule has 6 heteroatoms. The molecule has 1 aromatic heterocycles. The second kappa shape index (κ2) is 6.25. The van der Waals surface area contributed by atoms with Crippen molar-refractivity contribution in [3.05, 3.63) is 45.9 Å². The second-order valence-electron chi connectivity index (χ2n) is 5.39. The van der Waals surface area contributed by atoms with E-state index < -0.39 is 17.2 Å². The molecule has 4 nitrogen and oxygen atoms in total. The lowest BCUT2D eigenvalue weighted by Gasteiger charge is -2.17. The number of unbranched alkanes of at least 4 members (excludes halogenated alkanes) is 1. The number of benzene rings is 1. The molecule has 22 heavy (non-hydrogen) atoms. The number of fused-ring (bicyclic) bond motifs is 1. The van der Waals surface area contributed by atoms with Crippen molar-refractivity contribution in [1.82, 2.24) is 9.47 Å². The Morgan fingerprint density at radius 2 is 1.82 bits per heavy atom. The zero-order valence-corrected chi connectivity index (χ0v) is 12.8. The molecule has 0 radical (unpaired) electrons. The molecule has 0 aliphatic heterocycles. The van der Waals surface area contributed by atoms with E-state index >= 15 is 0 Å². The van der Waals surface area contributed by atoms with Gasteiger partial charge in [-0.05, 0) is 30.0 Å². The highest BCUT2D eigenvalue weighted by molar-refractivity contribution is 5.96. The van der Waals surface area contributed by atoms with Gasteiger partial charge < -0.3 is 9.47 Å². The second-order valence-corrected chi connectivity index (χ2v) is 5.39. The van der Waals surface area contributed by atoms with Crippen LogP contribution in [0.25, 0.3) is 10.8 Å². The van der Waals surface area contributed by atoms with Gasteiger partial charge in [-0.1, -0.05) is 13.3 Å². The molecule has 0 spiro atoms. The van der Waals surface area contributed by atoms with Crippen molar-refractivity contribution in [2.24, 2.45) is 0 Å². The van der Waals surface area contributed by atoms with E-state index in [1.165, 1.54) is 15.5 Å². The van der Waals surface area contributed by atoms with Crippen molar-refractivity contribution in [2.75, 3.05) is 14.1 Å². The molecule has 1 heterocycles. The smallest absolute Gasteiger partial charge is 0.270 e. The van der Waals surface area contributed by atoms with Crippen LogP contribution >= 0.6 is 0 Å². The molecule has 2 rings (SSSR count). The Kier molecular flexibility index (Phi) is 4.59. The summed E-state index contributed by atoms with van der Waals surface area (Å²) in [6.07, 6.45) is 1.56. The largest absolute Gasteiger partial charge is 0.343 e. The van der Waals surface area contributed by atoms with E-state index in [0.717, 1.165) is 18.6 Å². The van der Waals surface area contributed by atoms with E-state index in [1.54, 1.807) is 14.1 Å². The molecule has 0 fully saturated rings. The van der Waals surface area contributed by atoms with Crippen LogP contribution in [-0.4, -0.2) is 29.5 Å². The summed E-state index contributed by atoms with van der Waals surface area (Å²) >= 11 is 0. The molecule has 0 bridgehead atoms. The standard InChI is InChI=1S/C16H18F2N2O2/c1-4-5-6-20-14(16(22)19(2)3)8-10-7-12(17)13(18)9-11(10)15(20)21/h7-9H,4-6H2,1-3H3. The van der Waals surface area contributed by atoms with Gasteiger partial charge in [0.15, 0.2) is 11.6 Å². The first kappa shape index (κ1) is 16.1. The normalized spacial score (nSPS) is 11.0. The first-order valence-corrected chi connectivity index (χ1v) is 7.11. The van der Waals surface area contributed by atoms with Crippen LogP contribution < -0.4 is 5.56 Å². The summed E-state index contributed by atoms with van der Waals surface area (Å²) in [6, 6.07) is 3.28. The third kappa shape index (κ3) is 2.86. The molecule has 0 unspecified atom stereocenters. The number of amides is 1. The molecule has 0 saturated carbocycles. The maximum Gasteiger partial charge on any atom is 0.270 e. The lowest BCUT2D eigenvalue weighted by molar-refractivity contribution is 0.0815. The van der Waals surface area contributed by atoms with E-state index in [1.807, 2.05) is 6.92 Å². The predicted molar refractivity (Wildman–Crippen MR) is 81.0 cm³/mol. The molecule has 0 N–H and O–H groups in total. The molecule has 0 aliphatic rings.